The summed E-state index contributed by atoms with van der Waals surface area (Å²) in [4.78, 5) is 17.2. The number of amides is 2. The molecule has 33 heavy (non-hydrogen) atoms. The highest BCUT2D eigenvalue weighted by Crippen LogP contribution is 2.29. The highest BCUT2D eigenvalue weighted by Gasteiger charge is 2.25. The summed E-state index contributed by atoms with van der Waals surface area (Å²) in [7, 11) is 4.06. The number of nitrogens with one attached hydrogen (secondary N) is 2. The number of halogens is 2. The number of fused-ring (bicyclic) bond motifs is 1. The Morgan fingerprint density at radius 3 is 2.42 bits per heavy atom. The van der Waals surface area contributed by atoms with Gasteiger partial charge in [-0.15, -0.1) is 0 Å². The van der Waals surface area contributed by atoms with E-state index in [1.54, 1.807) is 18.2 Å². The fourth-order valence-corrected chi connectivity index (χ4v) is 4.47. The van der Waals surface area contributed by atoms with Crippen LogP contribution in [0.2, 0.25) is 10.0 Å². The number of nitrogens with zero attached hydrogens (tertiary/aromatic N) is 2. The number of hydrogen-bond acceptors (Lipinski definition) is 3. The summed E-state index contributed by atoms with van der Waals surface area (Å²) in [6.45, 7) is 2.27. The molecule has 1 aliphatic rings. The van der Waals surface area contributed by atoms with Crippen molar-refractivity contribution in [2.24, 2.45) is 0 Å². The lowest BCUT2D eigenvalue weighted by Crippen LogP contribution is -2.41. The highest BCUT2D eigenvalue weighted by molar-refractivity contribution is 6.42. The second kappa shape index (κ2) is 10.5. The minimum atomic E-state index is -0.277. The fourth-order valence-electron chi connectivity index (χ4n) is 4.17. The molecule has 0 fully saturated rings. The lowest BCUT2D eigenvalue weighted by molar-refractivity contribution is 0.175. The van der Waals surface area contributed by atoms with E-state index in [4.69, 9.17) is 23.2 Å². The molecule has 0 saturated carbocycles. The van der Waals surface area contributed by atoms with Gasteiger partial charge in [-0.2, -0.15) is 0 Å². The largest absolute Gasteiger partial charge is 0.378 e. The van der Waals surface area contributed by atoms with Crippen LogP contribution in [-0.2, 0) is 13.0 Å². The van der Waals surface area contributed by atoms with E-state index in [1.807, 2.05) is 14.1 Å². The fraction of sp³-hybridized carbons (Fsp3) is 0.269. The molecule has 1 atom stereocenters. The lowest BCUT2D eigenvalue weighted by Gasteiger charge is -2.36. The Balaban J connectivity index is 1.50. The van der Waals surface area contributed by atoms with Crippen molar-refractivity contribution in [1.82, 2.24) is 10.2 Å². The van der Waals surface area contributed by atoms with E-state index < -0.39 is 0 Å². The second-order valence-electron chi connectivity index (χ2n) is 8.45. The SMILES string of the molecule is CN(C)c1ccc([C@H](CNC(=O)Nc2ccc(Cl)c(Cl)c2)N2CCc3ccccc3C2)cc1. The Morgan fingerprint density at radius 2 is 1.73 bits per heavy atom. The molecule has 0 bridgehead atoms. The van der Waals surface area contributed by atoms with Crippen LogP contribution in [0.5, 0.6) is 0 Å². The van der Waals surface area contributed by atoms with Gasteiger partial charge in [-0.3, -0.25) is 4.90 Å². The van der Waals surface area contributed by atoms with Crippen molar-refractivity contribution in [3.8, 4) is 0 Å². The number of carbonyl (C=O) groups is 1. The van der Waals surface area contributed by atoms with Crippen LogP contribution in [-0.4, -0.2) is 38.1 Å². The van der Waals surface area contributed by atoms with Crippen LogP contribution in [0.15, 0.2) is 66.7 Å². The molecule has 172 valence electrons. The van der Waals surface area contributed by atoms with Gasteiger partial charge in [0.1, 0.15) is 0 Å². The molecule has 1 aliphatic heterocycles. The van der Waals surface area contributed by atoms with Gasteiger partial charge in [0.25, 0.3) is 0 Å². The number of benzene rings is 3. The summed E-state index contributed by atoms with van der Waals surface area (Å²) >= 11 is 12.0. The smallest absolute Gasteiger partial charge is 0.319 e. The van der Waals surface area contributed by atoms with Crippen LogP contribution < -0.4 is 15.5 Å². The summed E-state index contributed by atoms with van der Waals surface area (Å²) in [5.74, 6) is 0. The van der Waals surface area contributed by atoms with Crippen molar-refractivity contribution < 1.29 is 4.79 Å². The van der Waals surface area contributed by atoms with Gasteiger partial charge in [0.2, 0.25) is 0 Å². The molecule has 3 aromatic rings. The van der Waals surface area contributed by atoms with Crippen LogP contribution in [0.1, 0.15) is 22.7 Å². The number of urea groups is 1. The molecule has 0 unspecified atom stereocenters. The third-order valence-corrected chi connectivity index (χ3v) is 6.77. The molecule has 1 heterocycles. The molecule has 2 amide bonds. The third-order valence-electron chi connectivity index (χ3n) is 6.03. The molecular formula is C26H28Cl2N4O. The first-order valence-electron chi connectivity index (χ1n) is 11.0. The summed E-state index contributed by atoms with van der Waals surface area (Å²) in [6, 6.07) is 21.9. The number of rotatable bonds is 6. The average molecular weight is 483 g/mol. The molecule has 3 aromatic carbocycles. The predicted molar refractivity (Wildman–Crippen MR) is 138 cm³/mol. The Kier molecular flexibility index (Phi) is 7.43. The molecule has 0 aliphatic carbocycles. The maximum Gasteiger partial charge on any atom is 0.319 e. The van der Waals surface area contributed by atoms with Crippen LogP contribution in [0.4, 0.5) is 16.2 Å². The normalized spacial score (nSPS) is 14.3. The predicted octanol–water partition coefficient (Wildman–Crippen LogP) is 5.98. The highest BCUT2D eigenvalue weighted by atomic mass is 35.5. The first kappa shape index (κ1) is 23.4. The average Bonchev–Trinajstić information content (AvgIpc) is 2.82. The zero-order valence-corrected chi connectivity index (χ0v) is 20.3. The lowest BCUT2D eigenvalue weighted by atomic mass is 9.96. The van der Waals surface area contributed by atoms with Crippen molar-refractivity contribution in [3.63, 3.8) is 0 Å². The minimum absolute atomic E-state index is 0.0501. The first-order valence-corrected chi connectivity index (χ1v) is 11.7. The van der Waals surface area contributed by atoms with Crippen LogP contribution in [0, 0.1) is 0 Å². The Bertz CT molecular complexity index is 1120. The van der Waals surface area contributed by atoms with Crippen molar-refractivity contribution in [2.45, 2.75) is 19.0 Å². The van der Waals surface area contributed by atoms with Crippen LogP contribution >= 0.6 is 23.2 Å². The van der Waals surface area contributed by atoms with Gasteiger partial charge >= 0.3 is 6.03 Å². The molecule has 5 nitrogen and oxygen atoms in total. The van der Waals surface area contributed by atoms with Crippen molar-refractivity contribution >= 4 is 40.6 Å². The van der Waals surface area contributed by atoms with Crippen LogP contribution in [0.3, 0.4) is 0 Å². The molecule has 0 aromatic heterocycles. The zero-order valence-electron chi connectivity index (χ0n) is 18.8. The Hall–Kier alpha value is -2.73. The van der Waals surface area contributed by atoms with Gasteiger partial charge in [0.15, 0.2) is 0 Å². The van der Waals surface area contributed by atoms with E-state index in [9.17, 15) is 4.79 Å². The molecule has 0 radical (unpaired) electrons. The third kappa shape index (κ3) is 5.80. The van der Waals surface area contributed by atoms with Crippen molar-refractivity contribution in [1.29, 1.82) is 0 Å². The topological polar surface area (TPSA) is 47.6 Å². The summed E-state index contributed by atoms with van der Waals surface area (Å²) in [5, 5.41) is 6.74. The van der Waals surface area contributed by atoms with Crippen molar-refractivity contribution in [3.05, 3.63) is 93.5 Å². The van der Waals surface area contributed by atoms with Crippen molar-refractivity contribution in [2.75, 3.05) is 37.4 Å². The van der Waals surface area contributed by atoms with E-state index in [2.05, 4.69) is 69.0 Å². The molecule has 0 saturated heterocycles. The zero-order chi connectivity index (χ0) is 23.4. The summed E-state index contributed by atoms with van der Waals surface area (Å²) in [5.41, 5.74) is 5.67. The summed E-state index contributed by atoms with van der Waals surface area (Å²) < 4.78 is 0. The van der Waals surface area contributed by atoms with Gasteiger partial charge in [-0.1, -0.05) is 59.6 Å². The monoisotopic (exact) mass is 482 g/mol. The number of anilines is 2. The molecular weight excluding hydrogens is 455 g/mol. The molecule has 0 spiro atoms. The van der Waals surface area contributed by atoms with Gasteiger partial charge in [0.05, 0.1) is 16.1 Å². The van der Waals surface area contributed by atoms with E-state index in [1.165, 1.54) is 16.7 Å². The number of carbonyl (C=O) groups excluding carboxylic acids is 1. The van der Waals surface area contributed by atoms with Crippen LogP contribution in [0.25, 0.3) is 0 Å². The quantitative estimate of drug-likeness (QED) is 0.454. The maximum absolute atomic E-state index is 12.6. The van der Waals surface area contributed by atoms with E-state index >= 15 is 0 Å². The molecule has 4 rings (SSSR count). The molecule has 2 N–H and O–H groups in total. The maximum atomic E-state index is 12.6. The van der Waals surface area contributed by atoms with Gasteiger partial charge in [-0.25, -0.2) is 4.79 Å². The van der Waals surface area contributed by atoms with Gasteiger partial charge < -0.3 is 15.5 Å². The van der Waals surface area contributed by atoms with E-state index in [0.717, 1.165) is 25.2 Å². The van der Waals surface area contributed by atoms with Gasteiger partial charge in [0, 0.05) is 45.1 Å². The Labute approximate surface area is 205 Å². The second-order valence-corrected chi connectivity index (χ2v) is 9.27. The first-order chi connectivity index (χ1) is 15.9. The van der Waals surface area contributed by atoms with E-state index in [-0.39, 0.29) is 12.1 Å². The molecule has 7 heteroatoms. The van der Waals surface area contributed by atoms with Gasteiger partial charge in [-0.05, 0) is 53.4 Å². The standard InChI is InChI=1S/C26H28Cl2N4O/c1-31(2)22-10-7-19(8-11-22)25(32-14-13-18-5-3-4-6-20(18)17-32)16-29-26(33)30-21-9-12-23(27)24(28)15-21/h3-12,15,25H,13-14,16-17H2,1-2H3,(H2,29,30,33)/t25-/m0/s1. The van der Waals surface area contributed by atoms with E-state index in [0.29, 0.717) is 22.3 Å². The Morgan fingerprint density at radius 1 is 1.00 bits per heavy atom. The summed E-state index contributed by atoms with van der Waals surface area (Å²) in [6.07, 6.45) is 0.998. The minimum Gasteiger partial charge on any atom is -0.378 e. The number of hydrogen-bond donors (Lipinski definition) is 2.